The molecule has 0 radical (unpaired) electrons. The van der Waals surface area contributed by atoms with Gasteiger partial charge in [-0.05, 0) is 48.6 Å². The van der Waals surface area contributed by atoms with Gasteiger partial charge in [-0.1, -0.05) is 6.07 Å². The van der Waals surface area contributed by atoms with E-state index in [2.05, 4.69) is 10.3 Å². The molecule has 6 nitrogen and oxygen atoms in total. The number of rotatable bonds is 4. The summed E-state index contributed by atoms with van der Waals surface area (Å²) in [5.41, 5.74) is 7.84. The maximum Gasteiger partial charge on any atom is 0.193 e. The summed E-state index contributed by atoms with van der Waals surface area (Å²) in [5, 5.41) is 3.11. The van der Waals surface area contributed by atoms with Crippen molar-refractivity contribution in [2.45, 2.75) is 31.2 Å². The predicted octanol–water partition coefficient (Wildman–Crippen LogP) is 4.29. The Morgan fingerprint density at radius 1 is 1.14 bits per heavy atom. The van der Waals surface area contributed by atoms with Crippen molar-refractivity contribution in [3.05, 3.63) is 47.8 Å². The Labute approximate surface area is 186 Å². The van der Waals surface area contributed by atoms with Crippen LogP contribution in [0.25, 0.3) is 0 Å². The summed E-state index contributed by atoms with van der Waals surface area (Å²) in [6.07, 6.45) is 2.55. The van der Waals surface area contributed by atoms with Gasteiger partial charge in [0.2, 0.25) is 0 Å². The monoisotopic (exact) mass is 513 g/mol. The second-order valence-corrected chi connectivity index (χ2v) is 7.07. The normalized spacial score (nSPS) is 20.7. The van der Waals surface area contributed by atoms with E-state index in [0.717, 1.165) is 36.3 Å². The molecule has 1 heterocycles. The van der Waals surface area contributed by atoms with Crippen molar-refractivity contribution in [2.24, 2.45) is 10.7 Å². The summed E-state index contributed by atoms with van der Waals surface area (Å²) in [7, 11) is 1.46. The number of aliphatic imine (C=N–C) groups is 1. The highest BCUT2D eigenvalue weighted by atomic mass is 127. The summed E-state index contributed by atoms with van der Waals surface area (Å²) >= 11 is 0. The first-order valence-corrected chi connectivity index (χ1v) is 9.46. The van der Waals surface area contributed by atoms with Crippen LogP contribution in [0.4, 0.5) is 10.1 Å². The summed E-state index contributed by atoms with van der Waals surface area (Å²) in [4.78, 5) is 4.53. The van der Waals surface area contributed by atoms with Crippen LogP contribution in [0.15, 0.2) is 41.4 Å². The fraction of sp³-hybridized carbons (Fsp3) is 0.381. The molecule has 0 unspecified atom stereocenters. The Kier molecular flexibility index (Phi) is 7.05. The fourth-order valence-electron chi connectivity index (χ4n) is 3.52. The first-order valence-electron chi connectivity index (χ1n) is 9.46. The molecule has 0 atom stereocenters. The van der Waals surface area contributed by atoms with Gasteiger partial charge in [-0.15, -0.1) is 24.0 Å². The van der Waals surface area contributed by atoms with Crippen molar-refractivity contribution >= 4 is 35.6 Å². The highest BCUT2D eigenvalue weighted by Gasteiger charge is 2.30. The number of ether oxygens (including phenoxy) is 3. The second kappa shape index (κ2) is 9.51. The maximum absolute atomic E-state index is 13.9. The number of nitrogens with two attached hydrogens (primary N) is 1. The molecule has 29 heavy (non-hydrogen) atoms. The van der Waals surface area contributed by atoms with Crippen LogP contribution in [-0.4, -0.2) is 32.3 Å². The van der Waals surface area contributed by atoms with Crippen molar-refractivity contribution in [3.63, 3.8) is 0 Å². The molecule has 3 N–H and O–H groups in total. The quantitative estimate of drug-likeness (QED) is 0.363. The average molecular weight is 513 g/mol. The van der Waals surface area contributed by atoms with E-state index in [0.29, 0.717) is 30.8 Å². The molecule has 1 saturated carbocycles. The molecule has 1 fully saturated rings. The Hall–Kier alpha value is -2.23. The number of fused-ring (bicyclic) bond motifs is 1. The van der Waals surface area contributed by atoms with Gasteiger partial charge in [-0.2, -0.15) is 0 Å². The van der Waals surface area contributed by atoms with Gasteiger partial charge in [0.05, 0.1) is 26.4 Å². The lowest BCUT2D eigenvalue weighted by molar-refractivity contribution is 0.297. The molecule has 2 aliphatic rings. The number of nitrogens with one attached hydrogen (secondary N) is 1. The van der Waals surface area contributed by atoms with Gasteiger partial charge < -0.3 is 25.3 Å². The Morgan fingerprint density at radius 2 is 1.90 bits per heavy atom. The fourth-order valence-corrected chi connectivity index (χ4v) is 3.52. The third-order valence-electron chi connectivity index (χ3n) is 5.10. The number of guanidine groups is 1. The third-order valence-corrected chi connectivity index (χ3v) is 5.10. The maximum atomic E-state index is 13.9. The number of nitrogens with zero attached hydrogens (tertiary/aromatic N) is 1. The van der Waals surface area contributed by atoms with Gasteiger partial charge in [0, 0.05) is 18.2 Å². The molecule has 4 rings (SSSR count). The van der Waals surface area contributed by atoms with Crippen LogP contribution in [0.5, 0.6) is 17.2 Å². The molecular formula is C21H25FIN3O3. The predicted molar refractivity (Wildman–Crippen MR) is 121 cm³/mol. The first kappa shape index (κ1) is 21.5. The molecule has 0 amide bonds. The van der Waals surface area contributed by atoms with Crippen LogP contribution >= 0.6 is 24.0 Å². The topological polar surface area (TPSA) is 78.1 Å². The lowest BCUT2D eigenvalue weighted by Crippen LogP contribution is -2.31. The minimum Gasteiger partial charge on any atom is -0.494 e. The Morgan fingerprint density at radius 3 is 2.62 bits per heavy atom. The van der Waals surface area contributed by atoms with Gasteiger partial charge in [0.15, 0.2) is 29.0 Å². The van der Waals surface area contributed by atoms with E-state index in [4.69, 9.17) is 19.9 Å². The molecular weight excluding hydrogens is 488 g/mol. The number of hydrogen-bond donors (Lipinski definition) is 2. The summed E-state index contributed by atoms with van der Waals surface area (Å²) < 4.78 is 30.1. The van der Waals surface area contributed by atoms with Crippen LogP contribution in [0.2, 0.25) is 0 Å². The molecule has 0 saturated heterocycles. The SMILES string of the molecule is COc1ccc(C2CC(N=C(N)Nc3ccc4c(c3)OCCCO4)C2)cc1F.I. The highest BCUT2D eigenvalue weighted by molar-refractivity contribution is 14.0. The first-order chi connectivity index (χ1) is 13.6. The van der Waals surface area contributed by atoms with E-state index in [-0.39, 0.29) is 41.6 Å². The van der Waals surface area contributed by atoms with Gasteiger partial charge in [0.25, 0.3) is 0 Å². The Balaban J connectivity index is 0.00000240. The number of methoxy groups -OCH3 is 1. The number of anilines is 1. The lowest BCUT2D eigenvalue weighted by Gasteiger charge is -2.33. The van der Waals surface area contributed by atoms with Gasteiger partial charge in [-0.25, -0.2) is 9.38 Å². The largest absolute Gasteiger partial charge is 0.494 e. The molecule has 1 aliphatic carbocycles. The summed E-state index contributed by atoms with van der Waals surface area (Å²) in [5.74, 6) is 2.04. The average Bonchev–Trinajstić information content (AvgIpc) is 2.89. The van der Waals surface area contributed by atoms with Gasteiger partial charge >= 0.3 is 0 Å². The Bertz CT molecular complexity index is 887. The van der Waals surface area contributed by atoms with Crippen molar-refractivity contribution in [1.29, 1.82) is 0 Å². The minimum absolute atomic E-state index is 0. The molecule has 1 aliphatic heterocycles. The van der Waals surface area contributed by atoms with E-state index in [1.165, 1.54) is 7.11 Å². The molecule has 156 valence electrons. The summed E-state index contributed by atoms with van der Waals surface area (Å²) in [6.45, 7) is 1.29. The van der Waals surface area contributed by atoms with Crippen molar-refractivity contribution in [3.8, 4) is 17.2 Å². The summed E-state index contributed by atoms with van der Waals surface area (Å²) in [6, 6.07) is 10.9. The van der Waals surface area contributed by atoms with E-state index in [9.17, 15) is 4.39 Å². The van der Waals surface area contributed by atoms with E-state index >= 15 is 0 Å². The van der Waals surface area contributed by atoms with Crippen molar-refractivity contribution < 1.29 is 18.6 Å². The molecule has 0 bridgehead atoms. The zero-order valence-corrected chi connectivity index (χ0v) is 18.5. The van der Waals surface area contributed by atoms with Crippen molar-refractivity contribution in [2.75, 3.05) is 25.6 Å². The molecule has 0 aromatic heterocycles. The van der Waals surface area contributed by atoms with E-state index in [1.807, 2.05) is 24.3 Å². The van der Waals surface area contributed by atoms with Gasteiger partial charge in [-0.3, -0.25) is 0 Å². The van der Waals surface area contributed by atoms with Crippen LogP contribution in [0.1, 0.15) is 30.7 Å². The zero-order valence-electron chi connectivity index (χ0n) is 16.2. The van der Waals surface area contributed by atoms with Crippen LogP contribution in [0, 0.1) is 5.82 Å². The molecule has 2 aromatic carbocycles. The minimum atomic E-state index is -0.331. The molecule has 0 spiro atoms. The zero-order chi connectivity index (χ0) is 19.5. The molecule has 8 heteroatoms. The van der Waals surface area contributed by atoms with E-state index in [1.54, 1.807) is 12.1 Å². The number of benzene rings is 2. The lowest BCUT2D eigenvalue weighted by atomic mass is 9.76. The second-order valence-electron chi connectivity index (χ2n) is 7.07. The van der Waals surface area contributed by atoms with Crippen LogP contribution in [0.3, 0.4) is 0 Å². The highest BCUT2D eigenvalue weighted by Crippen LogP contribution is 2.40. The number of hydrogen-bond acceptors (Lipinski definition) is 4. The van der Waals surface area contributed by atoms with Crippen molar-refractivity contribution in [1.82, 2.24) is 0 Å². The molecule has 2 aromatic rings. The number of halogens is 2. The van der Waals surface area contributed by atoms with Crippen LogP contribution in [-0.2, 0) is 0 Å². The van der Waals surface area contributed by atoms with Crippen LogP contribution < -0.4 is 25.3 Å². The third kappa shape index (κ3) is 5.04. The van der Waals surface area contributed by atoms with E-state index < -0.39 is 0 Å². The standard InChI is InChI=1S/C21H24FN3O3.HI/c1-26-18-5-3-13(11-17(18)22)14-9-16(10-14)25-21(23)24-15-4-6-19-20(12-15)28-8-2-7-27-19;/h3-6,11-12,14,16H,2,7-10H2,1H3,(H3,23,24,25);1H. The van der Waals surface area contributed by atoms with Gasteiger partial charge in [0.1, 0.15) is 0 Å². The smallest absolute Gasteiger partial charge is 0.193 e.